The van der Waals surface area contributed by atoms with Crippen LogP contribution in [0.3, 0.4) is 0 Å². The molecule has 0 heterocycles. The van der Waals surface area contributed by atoms with Crippen molar-refractivity contribution in [1.82, 2.24) is 0 Å². The molecule has 0 radical (unpaired) electrons. The molecule has 0 amide bonds. The van der Waals surface area contributed by atoms with Gasteiger partial charge in [0.05, 0.1) is 6.61 Å². The van der Waals surface area contributed by atoms with Gasteiger partial charge in [0.2, 0.25) is 0 Å². The third kappa shape index (κ3) is 8.62. The van der Waals surface area contributed by atoms with Crippen LogP contribution < -0.4 is 0 Å². The summed E-state index contributed by atoms with van der Waals surface area (Å²) in [6.07, 6.45) is 6.26. The summed E-state index contributed by atoms with van der Waals surface area (Å²) in [6.45, 7) is 5.17. The zero-order valence-electron chi connectivity index (χ0n) is 8.17. The molecule has 0 aliphatic heterocycles. The van der Waals surface area contributed by atoms with Gasteiger partial charge in [-0.3, -0.25) is 0 Å². The molecule has 3 heteroatoms. The van der Waals surface area contributed by atoms with E-state index in [-0.39, 0.29) is 9.74 Å². The van der Waals surface area contributed by atoms with Crippen LogP contribution in [0.15, 0.2) is 0 Å². The molecule has 0 bridgehead atoms. The lowest BCUT2D eigenvalue weighted by Gasteiger charge is -2.04. The Balaban J connectivity index is 3.08. The maximum Gasteiger partial charge on any atom is 0.0614 e. The fourth-order valence-electron chi connectivity index (χ4n) is 0.882. The van der Waals surface area contributed by atoms with Crippen molar-refractivity contribution in [3.05, 3.63) is 0 Å². The summed E-state index contributed by atoms with van der Waals surface area (Å²) in [5, 5.41) is 0. The minimum atomic E-state index is -0.190. The van der Waals surface area contributed by atoms with E-state index in [4.69, 9.17) is 15.4 Å². The quantitative estimate of drug-likeness (QED) is 0.567. The molecule has 1 unspecified atom stereocenters. The Morgan fingerprint density at radius 3 is 2.42 bits per heavy atom. The van der Waals surface area contributed by atoms with Crippen LogP contribution >= 0.6 is 0 Å². The second-order valence-corrected chi connectivity index (χ2v) is 5.26. The van der Waals surface area contributed by atoms with Gasteiger partial charge in [0.15, 0.2) is 0 Å². The average molecular weight is 208 g/mol. The first kappa shape index (κ1) is 12.5. The number of rotatable bonds is 8. The van der Waals surface area contributed by atoms with E-state index >= 15 is 0 Å². The molecule has 0 saturated carbocycles. The Bertz CT molecular complexity index is 115. The summed E-state index contributed by atoms with van der Waals surface area (Å²) in [5.74, 6) is 1.08. The maximum absolute atomic E-state index is 5.41. The van der Waals surface area contributed by atoms with Gasteiger partial charge in [-0.15, -0.1) is 0 Å². The SMILES string of the molecule is CCCCCCS(=S)OCCC. The summed E-state index contributed by atoms with van der Waals surface area (Å²) in [4.78, 5) is 0. The lowest BCUT2D eigenvalue weighted by Crippen LogP contribution is -2.01. The first-order valence-corrected chi connectivity index (χ1v) is 7.07. The fourth-order valence-corrected chi connectivity index (χ4v) is 2.35. The molecule has 74 valence electrons. The van der Waals surface area contributed by atoms with Crippen molar-refractivity contribution >= 4 is 20.9 Å². The third-order valence-electron chi connectivity index (χ3n) is 1.58. The van der Waals surface area contributed by atoms with Crippen LogP contribution in [0.25, 0.3) is 0 Å². The Labute approximate surface area is 83.7 Å². The molecule has 0 aromatic carbocycles. The monoisotopic (exact) mass is 208 g/mol. The van der Waals surface area contributed by atoms with Crippen LogP contribution in [-0.4, -0.2) is 12.4 Å². The molecular formula is C9H20OS2. The van der Waals surface area contributed by atoms with Gasteiger partial charge in [-0.05, 0) is 24.0 Å². The van der Waals surface area contributed by atoms with Crippen LogP contribution in [0.4, 0.5) is 0 Å². The van der Waals surface area contributed by atoms with Gasteiger partial charge >= 0.3 is 0 Å². The van der Waals surface area contributed by atoms with Crippen molar-refractivity contribution in [1.29, 1.82) is 0 Å². The number of hydrogen-bond acceptors (Lipinski definition) is 2. The van der Waals surface area contributed by atoms with Crippen LogP contribution in [0.5, 0.6) is 0 Å². The molecule has 1 atom stereocenters. The van der Waals surface area contributed by atoms with Gasteiger partial charge in [0, 0.05) is 15.5 Å². The van der Waals surface area contributed by atoms with Crippen molar-refractivity contribution in [3.8, 4) is 0 Å². The van der Waals surface area contributed by atoms with Gasteiger partial charge in [-0.25, -0.2) is 0 Å². The summed E-state index contributed by atoms with van der Waals surface area (Å²) in [5.41, 5.74) is 0. The smallest absolute Gasteiger partial charge is 0.0614 e. The third-order valence-corrected chi connectivity index (χ3v) is 3.42. The lowest BCUT2D eigenvalue weighted by atomic mass is 10.2. The Hall–Kier alpha value is 0.530. The molecule has 0 spiro atoms. The predicted octanol–water partition coefficient (Wildman–Crippen LogP) is 2.99. The summed E-state index contributed by atoms with van der Waals surface area (Å²) >= 11 is 5.16. The van der Waals surface area contributed by atoms with E-state index in [1.165, 1.54) is 25.7 Å². The predicted molar refractivity (Wildman–Crippen MR) is 60.0 cm³/mol. The highest BCUT2D eigenvalue weighted by Gasteiger charge is 1.94. The molecule has 0 fully saturated rings. The van der Waals surface area contributed by atoms with Crippen molar-refractivity contribution in [2.24, 2.45) is 0 Å². The Kier molecular flexibility index (Phi) is 10.0. The summed E-state index contributed by atoms with van der Waals surface area (Å²) in [6, 6.07) is 0. The van der Waals surface area contributed by atoms with E-state index in [9.17, 15) is 0 Å². The van der Waals surface area contributed by atoms with Crippen LogP contribution in [-0.2, 0) is 25.1 Å². The zero-order valence-corrected chi connectivity index (χ0v) is 9.81. The topological polar surface area (TPSA) is 9.23 Å². The minimum absolute atomic E-state index is 0.190. The second-order valence-electron chi connectivity index (χ2n) is 2.89. The Morgan fingerprint density at radius 1 is 1.08 bits per heavy atom. The Morgan fingerprint density at radius 2 is 1.83 bits per heavy atom. The highest BCUT2D eigenvalue weighted by molar-refractivity contribution is 8.26. The largest absolute Gasteiger partial charge is 0.312 e. The number of hydrogen-bond donors (Lipinski definition) is 0. The van der Waals surface area contributed by atoms with Crippen molar-refractivity contribution < 1.29 is 4.18 Å². The molecule has 0 saturated heterocycles. The van der Waals surface area contributed by atoms with E-state index in [1.54, 1.807) is 0 Å². The van der Waals surface area contributed by atoms with Gasteiger partial charge in [0.25, 0.3) is 0 Å². The van der Waals surface area contributed by atoms with E-state index in [0.717, 1.165) is 18.8 Å². The summed E-state index contributed by atoms with van der Waals surface area (Å²) in [7, 11) is -0.190. The molecule has 0 aromatic heterocycles. The van der Waals surface area contributed by atoms with Crippen LogP contribution in [0.1, 0.15) is 46.0 Å². The van der Waals surface area contributed by atoms with Crippen LogP contribution in [0, 0.1) is 0 Å². The fraction of sp³-hybridized carbons (Fsp3) is 1.00. The lowest BCUT2D eigenvalue weighted by molar-refractivity contribution is 0.368. The standard InChI is InChI=1S/C9H20OS2/c1-3-5-6-7-9-12(11)10-8-4-2/h3-9H2,1-2H3. The van der Waals surface area contributed by atoms with Gasteiger partial charge in [-0.2, -0.15) is 0 Å². The number of unbranched alkanes of at least 4 members (excludes halogenated alkanes) is 3. The summed E-state index contributed by atoms with van der Waals surface area (Å²) < 4.78 is 5.41. The first-order chi connectivity index (χ1) is 5.81. The van der Waals surface area contributed by atoms with E-state index in [1.807, 2.05) is 0 Å². The van der Waals surface area contributed by atoms with Gasteiger partial charge in [-0.1, -0.05) is 33.1 Å². The van der Waals surface area contributed by atoms with Crippen molar-refractivity contribution in [3.63, 3.8) is 0 Å². The zero-order chi connectivity index (χ0) is 9.23. The molecule has 1 nitrogen and oxygen atoms in total. The molecule has 0 aromatic rings. The van der Waals surface area contributed by atoms with E-state index in [0.29, 0.717) is 0 Å². The molecule has 0 aliphatic rings. The van der Waals surface area contributed by atoms with E-state index in [2.05, 4.69) is 13.8 Å². The van der Waals surface area contributed by atoms with Gasteiger partial charge in [0.1, 0.15) is 0 Å². The molecule has 0 N–H and O–H groups in total. The highest BCUT2D eigenvalue weighted by Crippen LogP contribution is 2.01. The first-order valence-electron chi connectivity index (χ1n) is 4.82. The normalized spacial score (nSPS) is 13.2. The van der Waals surface area contributed by atoms with E-state index < -0.39 is 0 Å². The van der Waals surface area contributed by atoms with Crippen molar-refractivity contribution in [2.75, 3.05) is 12.4 Å². The molecule has 0 rings (SSSR count). The average Bonchev–Trinajstić information content (AvgIpc) is 2.09. The minimum Gasteiger partial charge on any atom is -0.312 e. The molecule has 0 aliphatic carbocycles. The highest BCUT2D eigenvalue weighted by atomic mass is 32.8. The molecular weight excluding hydrogens is 188 g/mol. The maximum atomic E-state index is 5.41. The van der Waals surface area contributed by atoms with Crippen molar-refractivity contribution in [2.45, 2.75) is 46.0 Å². The molecule has 12 heavy (non-hydrogen) atoms. The van der Waals surface area contributed by atoms with Gasteiger partial charge < -0.3 is 4.18 Å². The van der Waals surface area contributed by atoms with Crippen LogP contribution in [0.2, 0.25) is 0 Å². The second kappa shape index (κ2) is 9.62.